The Morgan fingerprint density at radius 3 is 1.63 bits per heavy atom. The molecule has 0 amide bonds. The molecule has 2 aromatic rings. The van der Waals surface area contributed by atoms with E-state index in [0.717, 1.165) is 0 Å². The van der Waals surface area contributed by atoms with Gasteiger partial charge in [0.25, 0.3) is 11.4 Å². The molecule has 2 N–H and O–H groups in total. The number of non-ortho nitro benzene ring substituents is 2. The van der Waals surface area contributed by atoms with Crippen molar-refractivity contribution in [2.24, 2.45) is 5.34 Å². The van der Waals surface area contributed by atoms with Crippen LogP contribution in [0.5, 0.6) is 11.5 Å². The first-order valence-corrected chi connectivity index (χ1v) is 13.9. The van der Waals surface area contributed by atoms with Gasteiger partial charge in [0.15, 0.2) is 9.13 Å². The summed E-state index contributed by atoms with van der Waals surface area (Å²) in [7, 11) is 2.80. The van der Waals surface area contributed by atoms with Gasteiger partial charge in [-0.1, -0.05) is 80.5 Å². The fourth-order valence-corrected chi connectivity index (χ4v) is 3.62. The van der Waals surface area contributed by atoms with Crippen LogP contribution in [-0.4, -0.2) is 33.5 Å². The molecule has 0 unspecified atom stereocenters. The van der Waals surface area contributed by atoms with Crippen molar-refractivity contribution in [3.05, 3.63) is 75.0 Å². The lowest BCUT2D eigenvalue weighted by molar-refractivity contribution is -0.385. The van der Waals surface area contributed by atoms with Gasteiger partial charge in [-0.15, -0.1) is 4.91 Å². The van der Waals surface area contributed by atoms with E-state index < -0.39 is 19.2 Å². The summed E-state index contributed by atoms with van der Waals surface area (Å²) >= 11 is 33.1. The first-order chi connectivity index (χ1) is 18.6. The van der Waals surface area contributed by atoms with Crippen molar-refractivity contribution >= 4 is 107 Å². The normalized spacial score (nSPS) is 10.2. The van der Waals surface area contributed by atoms with Crippen molar-refractivity contribution in [1.82, 2.24) is 0 Å². The zero-order valence-electron chi connectivity index (χ0n) is 22.1. The summed E-state index contributed by atoms with van der Waals surface area (Å²) in [6.07, 6.45) is 0.0828. The second kappa shape index (κ2) is 19.4. The van der Waals surface area contributed by atoms with Gasteiger partial charge < -0.3 is 20.0 Å². The molecule has 0 saturated carbocycles. The third kappa shape index (κ3) is 19.1. The number of hydrogen-bond donors (Lipinski definition) is 1. The molecule has 0 bridgehead atoms. The third-order valence-electron chi connectivity index (χ3n) is 3.77. The maximum atomic E-state index is 10.7. The second-order valence-electron chi connectivity index (χ2n) is 8.07. The number of anilines is 1. The Hall–Kier alpha value is -1.81. The minimum absolute atomic E-state index is 0.0575. The van der Waals surface area contributed by atoms with Crippen LogP contribution >= 0.6 is 89.9 Å². The first-order valence-electron chi connectivity index (χ1n) is 10.5. The summed E-state index contributed by atoms with van der Waals surface area (Å²) in [6, 6.07) is 5.24. The molecular weight excluding hydrogens is 785 g/mol. The Bertz CT molecular complexity index is 1210. The Morgan fingerprint density at radius 2 is 1.34 bits per heavy atom. The number of methoxy groups -OCH3 is 2. The number of nitro groups is 2. The molecule has 2 rings (SSSR count). The van der Waals surface area contributed by atoms with Gasteiger partial charge in [0.1, 0.15) is 17.1 Å². The maximum absolute atomic E-state index is 10.7. The average molecular weight is 811 g/mol. The number of ether oxygens (including phenoxy) is 2. The smallest absolute Gasteiger partial charge is 0.274 e. The molecule has 0 spiro atoms. The van der Waals surface area contributed by atoms with Crippen LogP contribution in [0.25, 0.3) is 0 Å². The highest BCUT2D eigenvalue weighted by atomic mass is 79.9. The van der Waals surface area contributed by atoms with Gasteiger partial charge in [0.05, 0.1) is 50.9 Å². The SMILES string of the molecule is C=C(Cl)Cl.CC(C)(C)ON=O.COc1cc([N+](=O)[O-])cc(Br)c1CC(Cl)(Cl)Cl.COc1cc([N+](=O)[O-])cc(Br)c1N. The fraction of sp³-hybridized carbons (Fsp3) is 0.364. The molecule has 12 nitrogen and oxygen atoms in total. The van der Waals surface area contributed by atoms with E-state index in [1.807, 2.05) is 0 Å². The van der Waals surface area contributed by atoms with Crippen LogP contribution < -0.4 is 15.2 Å². The number of hydrogen-bond acceptors (Lipinski definition) is 10. The van der Waals surface area contributed by atoms with E-state index in [4.69, 9.17) is 73.2 Å². The summed E-state index contributed by atoms with van der Waals surface area (Å²) in [5.74, 6) is 0.596. The van der Waals surface area contributed by atoms with E-state index in [1.54, 1.807) is 20.8 Å². The molecule has 0 aromatic heterocycles. The van der Waals surface area contributed by atoms with E-state index in [0.29, 0.717) is 31.7 Å². The topological polar surface area (TPSA) is 169 Å². The largest absolute Gasteiger partial charge is 0.496 e. The second-order valence-corrected chi connectivity index (χ2v) is 13.4. The predicted octanol–water partition coefficient (Wildman–Crippen LogP) is 9.64. The first kappa shape index (κ1) is 41.3. The van der Waals surface area contributed by atoms with Gasteiger partial charge in [-0.25, -0.2) is 0 Å². The van der Waals surface area contributed by atoms with E-state index in [9.17, 15) is 25.1 Å². The average Bonchev–Trinajstić information content (AvgIpc) is 2.80. The molecule has 0 aliphatic heterocycles. The van der Waals surface area contributed by atoms with Gasteiger partial charge in [-0.05, 0) is 36.7 Å². The molecule has 0 aliphatic carbocycles. The van der Waals surface area contributed by atoms with Crippen LogP contribution in [0.1, 0.15) is 26.3 Å². The van der Waals surface area contributed by atoms with Crippen LogP contribution in [0.2, 0.25) is 0 Å². The fourth-order valence-electron chi connectivity index (χ4n) is 2.22. The summed E-state index contributed by atoms with van der Waals surface area (Å²) < 4.78 is 9.45. The summed E-state index contributed by atoms with van der Waals surface area (Å²) in [5, 5.41) is 23.3. The van der Waals surface area contributed by atoms with Gasteiger partial charge in [0.2, 0.25) is 0 Å². The van der Waals surface area contributed by atoms with Crippen molar-refractivity contribution < 1.29 is 24.2 Å². The van der Waals surface area contributed by atoms with Crippen molar-refractivity contribution in [3.63, 3.8) is 0 Å². The molecule has 0 saturated heterocycles. The number of nitrogens with zero attached hydrogens (tertiary/aromatic N) is 3. The number of halogens is 7. The summed E-state index contributed by atoms with van der Waals surface area (Å²) in [5.41, 5.74) is 5.91. The molecule has 41 heavy (non-hydrogen) atoms. The zero-order chi connectivity index (χ0) is 32.7. The van der Waals surface area contributed by atoms with Crippen molar-refractivity contribution in [2.75, 3.05) is 20.0 Å². The van der Waals surface area contributed by atoms with E-state index in [2.05, 4.69) is 48.6 Å². The quantitative estimate of drug-likeness (QED) is 0.0981. The Morgan fingerprint density at radius 1 is 0.951 bits per heavy atom. The molecule has 0 fully saturated rings. The third-order valence-corrected chi connectivity index (χ3v) is 5.53. The highest BCUT2D eigenvalue weighted by Gasteiger charge is 2.26. The van der Waals surface area contributed by atoms with Crippen LogP contribution in [0, 0.1) is 25.1 Å². The number of nitro benzene ring substituents is 2. The number of alkyl halides is 3. The molecule has 0 atom stereocenters. The van der Waals surface area contributed by atoms with Gasteiger partial charge in [-0.3, -0.25) is 20.2 Å². The summed E-state index contributed by atoms with van der Waals surface area (Å²) in [4.78, 5) is 33.7. The number of nitrogens with two attached hydrogens (primary N) is 1. The van der Waals surface area contributed by atoms with Crippen molar-refractivity contribution in [1.29, 1.82) is 0 Å². The monoisotopic (exact) mass is 806 g/mol. The molecule has 0 radical (unpaired) electrons. The van der Waals surface area contributed by atoms with Gasteiger partial charge in [-0.2, -0.15) is 0 Å². The highest BCUT2D eigenvalue weighted by Crippen LogP contribution is 2.39. The molecule has 0 heterocycles. The lowest BCUT2D eigenvalue weighted by Gasteiger charge is -2.15. The highest BCUT2D eigenvalue weighted by molar-refractivity contribution is 9.11. The Labute approximate surface area is 277 Å². The number of rotatable bonds is 6. The standard InChI is InChI=1S/C9H7BrCl3NO3.C7H7BrN2O3.C4H9NO2.C2H2Cl2/c1-17-8-3-5(14(15)16)2-7(10)6(8)4-9(11,12)13;1-13-6-3-4(10(11)12)2-5(8)7(6)9;1-4(2,3)7-5-6;1-2(3)4/h2-3H,4H2,1H3;2-3H,9H2,1H3;1-3H3;1H2. The van der Waals surface area contributed by atoms with Crippen LogP contribution in [0.3, 0.4) is 0 Å². The Balaban J connectivity index is 0. The number of nitrogen functional groups attached to an aromatic ring is 1. The molecule has 230 valence electrons. The van der Waals surface area contributed by atoms with E-state index in [1.165, 1.54) is 38.5 Å². The van der Waals surface area contributed by atoms with Crippen LogP contribution in [0.15, 0.2) is 49.6 Å². The van der Waals surface area contributed by atoms with E-state index >= 15 is 0 Å². The number of benzene rings is 2. The van der Waals surface area contributed by atoms with Gasteiger partial charge in [0, 0.05) is 28.6 Å². The Kier molecular flexibility index (Phi) is 19.5. The van der Waals surface area contributed by atoms with Crippen molar-refractivity contribution in [3.8, 4) is 11.5 Å². The van der Waals surface area contributed by atoms with E-state index in [-0.39, 0.29) is 22.3 Å². The zero-order valence-corrected chi connectivity index (χ0v) is 29.0. The van der Waals surface area contributed by atoms with Crippen LogP contribution in [0.4, 0.5) is 17.1 Å². The lowest BCUT2D eigenvalue weighted by atomic mass is 10.1. The summed E-state index contributed by atoms with van der Waals surface area (Å²) in [6.45, 7) is 8.36. The molecule has 19 heteroatoms. The lowest BCUT2D eigenvalue weighted by Crippen LogP contribution is -2.14. The van der Waals surface area contributed by atoms with Crippen LogP contribution in [-0.2, 0) is 11.3 Å². The molecule has 0 aliphatic rings. The minimum Gasteiger partial charge on any atom is -0.496 e. The van der Waals surface area contributed by atoms with Gasteiger partial charge >= 0.3 is 0 Å². The minimum atomic E-state index is -1.49. The predicted molar refractivity (Wildman–Crippen MR) is 171 cm³/mol. The molecule has 2 aromatic carbocycles. The molecular formula is C22H25Br2Cl5N4O8. The maximum Gasteiger partial charge on any atom is 0.274 e. The van der Waals surface area contributed by atoms with Crippen molar-refractivity contribution in [2.45, 2.75) is 36.6 Å².